The minimum absolute atomic E-state index is 0.00597. The van der Waals surface area contributed by atoms with E-state index in [0.29, 0.717) is 18.0 Å². The number of primary amides is 1. The van der Waals surface area contributed by atoms with Crippen LogP contribution in [0.5, 0.6) is 0 Å². The summed E-state index contributed by atoms with van der Waals surface area (Å²) >= 11 is 0. The zero-order valence-electron chi connectivity index (χ0n) is 17.4. The van der Waals surface area contributed by atoms with E-state index in [1.54, 1.807) is 24.3 Å². The number of halogens is 3. The molecule has 2 aromatic rings. The Labute approximate surface area is 184 Å². The maximum Gasteiger partial charge on any atom is 0.416 e. The Balaban J connectivity index is 1.86. The van der Waals surface area contributed by atoms with Crippen molar-refractivity contribution in [3.63, 3.8) is 0 Å². The molecule has 1 aliphatic carbocycles. The molecule has 0 radical (unpaired) electrons. The average molecular weight is 442 g/mol. The predicted octanol–water partition coefficient (Wildman–Crippen LogP) is 3.65. The van der Waals surface area contributed by atoms with Crippen LogP contribution in [0.25, 0.3) is 6.08 Å². The van der Waals surface area contributed by atoms with Crippen LogP contribution < -0.4 is 21.9 Å². The third-order valence-electron chi connectivity index (χ3n) is 5.95. The standard InChI is InChI=1S/C24H25F3N4O/c1-2-15-6-5-7-17(12-15)21(29-14-16-10-11-16)18-8-3-4-9-19(18)23(24(25,26)27)13-20(22(28)32)30-31-23/h2-9,12-13,16,21,29-31H,1,10-11,14H2,(H2,28,32). The number of hydrogen-bond donors (Lipinski definition) is 4. The zero-order chi connectivity index (χ0) is 22.9. The molecule has 2 aliphatic rings. The van der Waals surface area contributed by atoms with Crippen molar-refractivity contribution < 1.29 is 18.0 Å². The maximum absolute atomic E-state index is 14.5. The van der Waals surface area contributed by atoms with E-state index in [1.807, 2.05) is 24.3 Å². The summed E-state index contributed by atoms with van der Waals surface area (Å²) in [6.07, 6.45) is 0.00590. The van der Waals surface area contributed by atoms with E-state index < -0.39 is 23.7 Å². The summed E-state index contributed by atoms with van der Waals surface area (Å²) < 4.78 is 43.5. The van der Waals surface area contributed by atoms with E-state index >= 15 is 0 Å². The van der Waals surface area contributed by atoms with Gasteiger partial charge in [0.2, 0.25) is 0 Å². The van der Waals surface area contributed by atoms with E-state index in [2.05, 4.69) is 22.7 Å². The SMILES string of the molecule is C=Cc1cccc(C(NCC2CC2)c2ccccc2C2(C(F)(F)F)C=C(C(N)=O)NN2)c1. The Kier molecular flexibility index (Phi) is 5.83. The van der Waals surface area contributed by atoms with Gasteiger partial charge in [0, 0.05) is 0 Å². The topological polar surface area (TPSA) is 79.2 Å². The molecule has 5 nitrogen and oxygen atoms in total. The van der Waals surface area contributed by atoms with Crippen molar-refractivity contribution in [1.29, 1.82) is 0 Å². The number of amides is 1. The summed E-state index contributed by atoms with van der Waals surface area (Å²) in [6, 6.07) is 13.5. The Morgan fingerprint density at radius 2 is 2.00 bits per heavy atom. The molecule has 0 spiro atoms. The van der Waals surface area contributed by atoms with Crippen LogP contribution in [0.15, 0.2) is 66.9 Å². The van der Waals surface area contributed by atoms with E-state index in [1.165, 1.54) is 6.07 Å². The Bertz CT molecular complexity index is 1060. The molecular weight excluding hydrogens is 417 g/mol. The number of rotatable bonds is 8. The number of hydrogen-bond acceptors (Lipinski definition) is 4. The van der Waals surface area contributed by atoms with Gasteiger partial charge in [-0.1, -0.05) is 55.1 Å². The minimum atomic E-state index is -4.74. The summed E-state index contributed by atoms with van der Waals surface area (Å²) in [4.78, 5) is 11.6. The molecule has 1 amide bonds. The predicted molar refractivity (Wildman–Crippen MR) is 117 cm³/mol. The molecule has 1 heterocycles. The zero-order valence-corrected chi connectivity index (χ0v) is 17.4. The number of nitrogens with two attached hydrogens (primary N) is 1. The summed E-state index contributed by atoms with van der Waals surface area (Å²) in [5.41, 5.74) is 9.09. The van der Waals surface area contributed by atoms with Gasteiger partial charge in [-0.15, -0.1) is 0 Å². The second kappa shape index (κ2) is 8.44. The summed E-state index contributed by atoms with van der Waals surface area (Å²) in [6.45, 7) is 4.50. The maximum atomic E-state index is 14.5. The van der Waals surface area contributed by atoms with Crippen LogP contribution in [0, 0.1) is 5.92 Å². The van der Waals surface area contributed by atoms with E-state index in [0.717, 1.165) is 30.0 Å². The first kappa shape index (κ1) is 22.1. The smallest absolute Gasteiger partial charge is 0.364 e. The van der Waals surface area contributed by atoms with Crippen LogP contribution in [-0.2, 0) is 10.3 Å². The van der Waals surface area contributed by atoms with E-state index in [9.17, 15) is 18.0 Å². The number of carbonyl (C=O) groups excluding carboxylic acids is 1. The fraction of sp³-hybridized carbons (Fsp3) is 0.292. The van der Waals surface area contributed by atoms with Crippen LogP contribution in [0.2, 0.25) is 0 Å². The van der Waals surface area contributed by atoms with Crippen LogP contribution in [-0.4, -0.2) is 18.6 Å². The van der Waals surface area contributed by atoms with Crippen molar-refractivity contribution >= 4 is 12.0 Å². The molecule has 32 heavy (non-hydrogen) atoms. The van der Waals surface area contributed by atoms with Crippen molar-refractivity contribution in [3.05, 3.63) is 89.1 Å². The first-order valence-electron chi connectivity index (χ1n) is 10.4. The second-order valence-electron chi connectivity index (χ2n) is 8.22. The third-order valence-corrected chi connectivity index (χ3v) is 5.95. The van der Waals surface area contributed by atoms with Gasteiger partial charge in [0.1, 0.15) is 5.70 Å². The van der Waals surface area contributed by atoms with Crippen molar-refractivity contribution in [2.24, 2.45) is 11.7 Å². The Morgan fingerprint density at radius 1 is 1.25 bits per heavy atom. The molecule has 0 aromatic heterocycles. The molecule has 1 saturated carbocycles. The van der Waals surface area contributed by atoms with Gasteiger partial charge in [-0.3, -0.25) is 4.79 Å². The number of hydrazine groups is 1. The van der Waals surface area contributed by atoms with Crippen LogP contribution >= 0.6 is 0 Å². The molecule has 0 saturated heterocycles. The van der Waals surface area contributed by atoms with Crippen molar-refractivity contribution in [3.8, 4) is 0 Å². The largest absolute Gasteiger partial charge is 0.416 e. The fourth-order valence-corrected chi connectivity index (χ4v) is 4.03. The van der Waals surface area contributed by atoms with Crippen molar-refractivity contribution in [1.82, 2.24) is 16.2 Å². The summed E-state index contributed by atoms with van der Waals surface area (Å²) in [7, 11) is 0. The van der Waals surface area contributed by atoms with Gasteiger partial charge >= 0.3 is 6.18 Å². The first-order valence-corrected chi connectivity index (χ1v) is 10.4. The van der Waals surface area contributed by atoms with E-state index in [4.69, 9.17) is 5.73 Å². The fourth-order valence-electron chi connectivity index (χ4n) is 4.03. The summed E-state index contributed by atoms with van der Waals surface area (Å²) in [5, 5.41) is 3.47. The van der Waals surface area contributed by atoms with Crippen molar-refractivity contribution in [2.45, 2.75) is 30.6 Å². The highest BCUT2D eigenvalue weighted by Crippen LogP contribution is 2.45. The van der Waals surface area contributed by atoms with Gasteiger partial charge < -0.3 is 16.5 Å². The van der Waals surface area contributed by atoms with Crippen LogP contribution in [0.3, 0.4) is 0 Å². The molecule has 2 unspecified atom stereocenters. The Morgan fingerprint density at radius 3 is 2.62 bits per heavy atom. The number of alkyl halides is 3. The summed E-state index contributed by atoms with van der Waals surface area (Å²) in [5.74, 6) is -0.445. The first-order chi connectivity index (χ1) is 15.2. The molecule has 1 fully saturated rings. The van der Waals surface area contributed by atoms with Gasteiger partial charge in [0.25, 0.3) is 5.91 Å². The molecular formula is C24H25F3N4O. The highest BCUT2D eigenvalue weighted by molar-refractivity contribution is 5.92. The van der Waals surface area contributed by atoms with E-state index in [-0.39, 0.29) is 11.3 Å². The molecule has 168 valence electrons. The monoisotopic (exact) mass is 442 g/mol. The lowest BCUT2D eigenvalue weighted by Gasteiger charge is -2.34. The lowest BCUT2D eigenvalue weighted by Crippen LogP contribution is -2.54. The normalized spacial score (nSPS) is 21.5. The highest BCUT2D eigenvalue weighted by Gasteiger charge is 2.58. The lowest BCUT2D eigenvalue weighted by molar-refractivity contribution is -0.185. The molecule has 5 N–H and O–H groups in total. The van der Waals surface area contributed by atoms with Gasteiger partial charge in [0.05, 0.1) is 6.04 Å². The molecule has 4 rings (SSSR count). The highest BCUT2D eigenvalue weighted by atomic mass is 19.4. The van der Waals surface area contributed by atoms with Crippen LogP contribution in [0.1, 0.15) is 41.1 Å². The number of carbonyl (C=O) groups is 1. The molecule has 1 aliphatic heterocycles. The average Bonchev–Trinajstić information content (AvgIpc) is 3.47. The molecule has 2 atom stereocenters. The van der Waals surface area contributed by atoms with Gasteiger partial charge in [-0.2, -0.15) is 13.2 Å². The number of benzene rings is 2. The van der Waals surface area contributed by atoms with Crippen LogP contribution in [0.4, 0.5) is 13.2 Å². The van der Waals surface area contributed by atoms with Crippen molar-refractivity contribution in [2.75, 3.05) is 6.54 Å². The van der Waals surface area contributed by atoms with Gasteiger partial charge in [-0.25, -0.2) is 5.43 Å². The lowest BCUT2D eigenvalue weighted by atomic mass is 9.82. The molecule has 2 aromatic carbocycles. The quantitative estimate of drug-likeness (QED) is 0.503. The molecule has 0 bridgehead atoms. The minimum Gasteiger partial charge on any atom is -0.364 e. The van der Waals surface area contributed by atoms with Gasteiger partial charge in [0.15, 0.2) is 5.54 Å². The third kappa shape index (κ3) is 4.16. The Hall–Kier alpha value is -3.10. The van der Waals surface area contributed by atoms with Gasteiger partial charge in [-0.05, 0) is 59.7 Å². The molecule has 8 heteroatoms. The number of nitrogens with one attached hydrogen (secondary N) is 3. The second-order valence-corrected chi connectivity index (χ2v) is 8.22.